The van der Waals surface area contributed by atoms with E-state index in [-0.39, 0.29) is 6.61 Å². The van der Waals surface area contributed by atoms with Gasteiger partial charge in [0.1, 0.15) is 5.01 Å². The van der Waals surface area contributed by atoms with Crippen LogP contribution in [0.2, 0.25) is 0 Å². The Morgan fingerprint density at radius 1 is 1.40 bits per heavy atom. The lowest BCUT2D eigenvalue weighted by Crippen LogP contribution is -2.09. The van der Waals surface area contributed by atoms with Crippen molar-refractivity contribution in [1.29, 1.82) is 0 Å². The monoisotopic (exact) mass is 288 g/mol. The second kappa shape index (κ2) is 5.94. The Labute approximate surface area is 123 Å². The Balaban J connectivity index is 1.70. The van der Waals surface area contributed by atoms with E-state index in [2.05, 4.69) is 12.2 Å². The SMILES string of the molecule is CC1CCc2nc(CNc3ccccc3CO)sc2C1. The number of rotatable bonds is 4. The van der Waals surface area contributed by atoms with E-state index in [9.17, 15) is 5.11 Å². The zero-order chi connectivity index (χ0) is 13.9. The second-order valence-electron chi connectivity index (χ2n) is 5.49. The summed E-state index contributed by atoms with van der Waals surface area (Å²) in [5, 5.41) is 13.9. The van der Waals surface area contributed by atoms with E-state index in [4.69, 9.17) is 4.98 Å². The number of hydrogen-bond acceptors (Lipinski definition) is 4. The quantitative estimate of drug-likeness (QED) is 0.906. The lowest BCUT2D eigenvalue weighted by atomic mass is 9.93. The zero-order valence-electron chi connectivity index (χ0n) is 11.7. The summed E-state index contributed by atoms with van der Waals surface area (Å²) in [6.07, 6.45) is 3.57. The van der Waals surface area contributed by atoms with Gasteiger partial charge in [0.15, 0.2) is 0 Å². The molecule has 1 unspecified atom stereocenters. The molecule has 1 aromatic carbocycles. The standard InChI is InChI=1S/C16H20N2OS/c1-11-6-7-14-15(8-11)20-16(18-14)9-17-13-5-3-2-4-12(13)10-19/h2-5,11,17,19H,6-10H2,1H3. The molecule has 0 aliphatic heterocycles. The predicted molar refractivity (Wildman–Crippen MR) is 83.0 cm³/mol. The molecule has 0 saturated heterocycles. The van der Waals surface area contributed by atoms with Crippen molar-refractivity contribution in [3.05, 3.63) is 45.4 Å². The molecular formula is C16H20N2OS. The van der Waals surface area contributed by atoms with Gasteiger partial charge in [0.2, 0.25) is 0 Å². The highest BCUT2D eigenvalue weighted by molar-refractivity contribution is 7.11. The summed E-state index contributed by atoms with van der Waals surface area (Å²) in [5.41, 5.74) is 3.24. The number of nitrogens with one attached hydrogen (secondary N) is 1. The van der Waals surface area contributed by atoms with Crippen LogP contribution in [0.15, 0.2) is 24.3 Å². The molecule has 1 aromatic heterocycles. The van der Waals surface area contributed by atoms with E-state index in [0.29, 0.717) is 0 Å². The summed E-state index contributed by atoms with van der Waals surface area (Å²) in [6.45, 7) is 3.12. The van der Waals surface area contributed by atoms with Crippen LogP contribution in [0, 0.1) is 5.92 Å². The zero-order valence-corrected chi connectivity index (χ0v) is 12.5. The van der Waals surface area contributed by atoms with E-state index in [1.165, 1.54) is 23.4 Å². The fraction of sp³-hybridized carbons (Fsp3) is 0.438. The van der Waals surface area contributed by atoms with E-state index >= 15 is 0 Å². The van der Waals surface area contributed by atoms with Crippen LogP contribution in [-0.2, 0) is 26.0 Å². The van der Waals surface area contributed by atoms with E-state index in [1.807, 2.05) is 35.6 Å². The minimum Gasteiger partial charge on any atom is -0.392 e. The highest BCUT2D eigenvalue weighted by atomic mass is 32.1. The highest BCUT2D eigenvalue weighted by Crippen LogP contribution is 2.30. The molecule has 106 valence electrons. The Morgan fingerprint density at radius 3 is 3.10 bits per heavy atom. The van der Waals surface area contributed by atoms with Crippen LogP contribution >= 0.6 is 11.3 Å². The fourth-order valence-electron chi connectivity index (χ4n) is 2.67. The van der Waals surface area contributed by atoms with Crippen molar-refractivity contribution in [1.82, 2.24) is 4.98 Å². The lowest BCUT2D eigenvalue weighted by molar-refractivity contribution is 0.282. The van der Waals surface area contributed by atoms with E-state index < -0.39 is 0 Å². The molecule has 0 fully saturated rings. The molecule has 4 heteroatoms. The van der Waals surface area contributed by atoms with Gasteiger partial charge >= 0.3 is 0 Å². The van der Waals surface area contributed by atoms with Crippen LogP contribution in [0.4, 0.5) is 5.69 Å². The number of hydrogen-bond donors (Lipinski definition) is 2. The van der Waals surface area contributed by atoms with Crippen molar-refractivity contribution in [2.24, 2.45) is 5.92 Å². The molecule has 1 heterocycles. The molecular weight excluding hydrogens is 268 g/mol. The molecule has 3 rings (SSSR count). The maximum Gasteiger partial charge on any atom is 0.112 e. The third-order valence-electron chi connectivity index (χ3n) is 3.85. The number of benzene rings is 1. The number of aliphatic hydroxyl groups is 1. The van der Waals surface area contributed by atoms with Gasteiger partial charge in [0.25, 0.3) is 0 Å². The number of aliphatic hydroxyl groups excluding tert-OH is 1. The molecule has 2 N–H and O–H groups in total. The van der Waals surface area contributed by atoms with Gasteiger partial charge in [0, 0.05) is 16.1 Å². The van der Waals surface area contributed by atoms with Crippen molar-refractivity contribution in [2.45, 2.75) is 39.3 Å². The second-order valence-corrected chi connectivity index (χ2v) is 6.66. The highest BCUT2D eigenvalue weighted by Gasteiger charge is 2.19. The summed E-state index contributed by atoms with van der Waals surface area (Å²) in [6, 6.07) is 7.87. The van der Waals surface area contributed by atoms with Gasteiger partial charge in [-0.25, -0.2) is 4.98 Å². The average molecular weight is 288 g/mol. The van der Waals surface area contributed by atoms with Gasteiger partial charge in [0.05, 0.1) is 18.8 Å². The Morgan fingerprint density at radius 2 is 2.25 bits per heavy atom. The van der Waals surface area contributed by atoms with Crippen molar-refractivity contribution >= 4 is 17.0 Å². The smallest absolute Gasteiger partial charge is 0.112 e. The average Bonchev–Trinajstić information content (AvgIpc) is 2.87. The summed E-state index contributed by atoms with van der Waals surface area (Å²) in [5.74, 6) is 0.791. The summed E-state index contributed by atoms with van der Waals surface area (Å²) in [7, 11) is 0. The van der Waals surface area contributed by atoms with Gasteiger partial charge in [-0.3, -0.25) is 0 Å². The van der Waals surface area contributed by atoms with Crippen LogP contribution < -0.4 is 5.32 Å². The number of nitrogens with zero attached hydrogens (tertiary/aromatic N) is 1. The Bertz CT molecular complexity index is 594. The van der Waals surface area contributed by atoms with Gasteiger partial charge in [-0.05, 0) is 31.2 Å². The first-order valence-corrected chi connectivity index (χ1v) is 7.98. The molecule has 1 aliphatic carbocycles. The topological polar surface area (TPSA) is 45.2 Å². The van der Waals surface area contributed by atoms with Crippen molar-refractivity contribution in [3.8, 4) is 0 Å². The number of fused-ring (bicyclic) bond motifs is 1. The molecule has 0 spiro atoms. The largest absolute Gasteiger partial charge is 0.392 e. The van der Waals surface area contributed by atoms with Gasteiger partial charge in [-0.15, -0.1) is 11.3 Å². The molecule has 0 saturated carbocycles. The maximum atomic E-state index is 9.32. The fourth-order valence-corrected chi connectivity index (χ4v) is 3.89. The molecule has 0 bridgehead atoms. The first kappa shape index (κ1) is 13.6. The normalized spacial score (nSPS) is 17.8. The summed E-state index contributed by atoms with van der Waals surface area (Å²) >= 11 is 1.84. The summed E-state index contributed by atoms with van der Waals surface area (Å²) in [4.78, 5) is 6.22. The first-order valence-electron chi connectivity index (χ1n) is 7.16. The van der Waals surface area contributed by atoms with E-state index in [1.54, 1.807) is 0 Å². The number of anilines is 1. The third-order valence-corrected chi connectivity index (χ3v) is 4.97. The predicted octanol–water partition coefficient (Wildman–Crippen LogP) is 3.37. The Hall–Kier alpha value is -1.39. The van der Waals surface area contributed by atoms with Crippen molar-refractivity contribution in [2.75, 3.05) is 5.32 Å². The molecule has 0 amide bonds. The number of para-hydroxylation sites is 1. The molecule has 2 aromatic rings. The number of thiazole rings is 1. The number of aryl methyl sites for hydroxylation is 1. The van der Waals surface area contributed by atoms with E-state index in [0.717, 1.165) is 35.1 Å². The van der Waals surface area contributed by atoms with Gasteiger partial charge in [-0.1, -0.05) is 25.1 Å². The van der Waals surface area contributed by atoms with Crippen LogP contribution in [0.3, 0.4) is 0 Å². The van der Waals surface area contributed by atoms with Gasteiger partial charge in [-0.2, -0.15) is 0 Å². The minimum absolute atomic E-state index is 0.0645. The first-order chi connectivity index (χ1) is 9.76. The van der Waals surface area contributed by atoms with Gasteiger partial charge < -0.3 is 10.4 Å². The minimum atomic E-state index is 0.0645. The molecule has 1 atom stereocenters. The van der Waals surface area contributed by atoms with Crippen molar-refractivity contribution < 1.29 is 5.11 Å². The van der Waals surface area contributed by atoms with Crippen LogP contribution in [-0.4, -0.2) is 10.1 Å². The molecule has 1 aliphatic rings. The van der Waals surface area contributed by atoms with Crippen LogP contribution in [0.25, 0.3) is 0 Å². The lowest BCUT2D eigenvalue weighted by Gasteiger charge is -2.15. The molecule has 20 heavy (non-hydrogen) atoms. The van der Waals surface area contributed by atoms with Crippen LogP contribution in [0.5, 0.6) is 0 Å². The number of aromatic nitrogens is 1. The molecule has 3 nitrogen and oxygen atoms in total. The van der Waals surface area contributed by atoms with Crippen LogP contribution in [0.1, 0.15) is 34.5 Å². The Kier molecular flexibility index (Phi) is 4.03. The summed E-state index contributed by atoms with van der Waals surface area (Å²) < 4.78 is 0. The van der Waals surface area contributed by atoms with Crippen molar-refractivity contribution in [3.63, 3.8) is 0 Å². The third kappa shape index (κ3) is 2.86. The molecule has 0 radical (unpaired) electrons. The maximum absolute atomic E-state index is 9.32.